The Balaban J connectivity index is 2.97. The molecule has 1 aromatic carbocycles. The minimum Gasteiger partial charge on any atom is -0.497 e. The van der Waals surface area contributed by atoms with Crippen molar-refractivity contribution in [2.75, 3.05) is 13.7 Å². The molecule has 0 amide bonds. The van der Waals surface area contributed by atoms with Gasteiger partial charge in [-0.25, -0.2) is 0 Å². The monoisotopic (exact) mass is 252 g/mol. The molecule has 0 spiro atoms. The van der Waals surface area contributed by atoms with E-state index in [1.165, 1.54) is 0 Å². The molecule has 0 bridgehead atoms. The lowest BCUT2D eigenvalue weighted by atomic mass is 9.83. The van der Waals surface area contributed by atoms with Gasteiger partial charge >= 0.3 is 0 Å². The van der Waals surface area contributed by atoms with Gasteiger partial charge in [0.15, 0.2) is 0 Å². The van der Waals surface area contributed by atoms with Crippen LogP contribution in [0.15, 0.2) is 24.3 Å². The fraction of sp³-hybridized carbons (Fsp3) is 0.600. The van der Waals surface area contributed by atoms with Crippen molar-refractivity contribution in [1.82, 2.24) is 0 Å². The summed E-state index contributed by atoms with van der Waals surface area (Å²) in [7, 11) is 1.62. The fourth-order valence-corrected chi connectivity index (χ4v) is 1.99. The second-order valence-electron chi connectivity index (χ2n) is 5.46. The summed E-state index contributed by atoms with van der Waals surface area (Å²) in [6.07, 6.45) is -0.894. The van der Waals surface area contributed by atoms with Crippen LogP contribution >= 0.6 is 0 Å². The third-order valence-electron chi connectivity index (χ3n) is 2.92. The highest BCUT2D eigenvalue weighted by atomic mass is 16.5. The SMILES string of the molecule is CCOC(C(O)c1cccc(OC)c1)C(C)(C)C. The molecule has 3 heteroatoms. The molecule has 102 valence electrons. The van der Waals surface area contributed by atoms with Crippen LogP contribution in [0.25, 0.3) is 0 Å². The largest absolute Gasteiger partial charge is 0.497 e. The second-order valence-corrected chi connectivity index (χ2v) is 5.46. The Kier molecular flexibility index (Phi) is 5.17. The van der Waals surface area contributed by atoms with Crippen LogP contribution in [0.3, 0.4) is 0 Å². The topological polar surface area (TPSA) is 38.7 Å². The van der Waals surface area contributed by atoms with Gasteiger partial charge < -0.3 is 14.6 Å². The molecule has 18 heavy (non-hydrogen) atoms. The van der Waals surface area contributed by atoms with E-state index in [1.807, 2.05) is 31.2 Å². The van der Waals surface area contributed by atoms with E-state index in [-0.39, 0.29) is 11.5 Å². The maximum atomic E-state index is 10.5. The van der Waals surface area contributed by atoms with Crippen molar-refractivity contribution < 1.29 is 14.6 Å². The lowest BCUT2D eigenvalue weighted by Gasteiger charge is -2.34. The van der Waals surface area contributed by atoms with Gasteiger partial charge in [-0.1, -0.05) is 32.9 Å². The Labute approximate surface area is 110 Å². The molecule has 0 fully saturated rings. The maximum absolute atomic E-state index is 10.5. The van der Waals surface area contributed by atoms with Gasteiger partial charge in [0.05, 0.1) is 13.2 Å². The van der Waals surface area contributed by atoms with Crippen LogP contribution in [0, 0.1) is 5.41 Å². The number of methoxy groups -OCH3 is 1. The molecule has 0 aliphatic rings. The Morgan fingerprint density at radius 1 is 1.28 bits per heavy atom. The highest BCUT2D eigenvalue weighted by Gasteiger charge is 2.32. The maximum Gasteiger partial charge on any atom is 0.119 e. The van der Waals surface area contributed by atoms with Crippen LogP contribution in [0.5, 0.6) is 5.75 Å². The molecule has 0 heterocycles. The third kappa shape index (κ3) is 3.72. The molecule has 0 aliphatic heterocycles. The predicted molar refractivity (Wildman–Crippen MR) is 72.8 cm³/mol. The van der Waals surface area contributed by atoms with E-state index in [4.69, 9.17) is 9.47 Å². The molecule has 3 nitrogen and oxygen atoms in total. The first-order valence-corrected chi connectivity index (χ1v) is 6.33. The van der Waals surface area contributed by atoms with E-state index in [0.29, 0.717) is 6.61 Å². The first-order valence-electron chi connectivity index (χ1n) is 6.33. The zero-order valence-electron chi connectivity index (χ0n) is 11.9. The van der Waals surface area contributed by atoms with Crippen molar-refractivity contribution in [3.63, 3.8) is 0 Å². The van der Waals surface area contributed by atoms with Gasteiger partial charge in [-0.05, 0) is 30.0 Å². The van der Waals surface area contributed by atoms with Gasteiger partial charge in [0.2, 0.25) is 0 Å². The molecule has 1 rings (SSSR count). The van der Waals surface area contributed by atoms with E-state index in [2.05, 4.69) is 20.8 Å². The number of hydrogen-bond donors (Lipinski definition) is 1. The summed E-state index contributed by atoms with van der Waals surface area (Å²) in [5, 5.41) is 10.5. The summed E-state index contributed by atoms with van der Waals surface area (Å²) >= 11 is 0. The van der Waals surface area contributed by atoms with Crippen LogP contribution in [0.2, 0.25) is 0 Å². The summed E-state index contributed by atoms with van der Waals surface area (Å²) in [5.74, 6) is 0.746. The van der Waals surface area contributed by atoms with Crippen LogP contribution in [-0.4, -0.2) is 24.9 Å². The van der Waals surface area contributed by atoms with E-state index in [1.54, 1.807) is 7.11 Å². The van der Waals surface area contributed by atoms with Gasteiger partial charge in [0.25, 0.3) is 0 Å². The summed E-state index contributed by atoms with van der Waals surface area (Å²) in [5.41, 5.74) is 0.695. The summed E-state index contributed by atoms with van der Waals surface area (Å²) < 4.78 is 10.9. The molecule has 2 atom stereocenters. The highest BCUT2D eigenvalue weighted by Crippen LogP contribution is 2.33. The van der Waals surface area contributed by atoms with E-state index >= 15 is 0 Å². The molecule has 0 radical (unpaired) electrons. The normalized spacial score (nSPS) is 15.2. The third-order valence-corrected chi connectivity index (χ3v) is 2.92. The number of rotatable bonds is 5. The Morgan fingerprint density at radius 3 is 2.44 bits per heavy atom. The van der Waals surface area contributed by atoms with Gasteiger partial charge in [0, 0.05) is 6.61 Å². The Hall–Kier alpha value is -1.06. The minimum absolute atomic E-state index is 0.126. The molecule has 0 aliphatic carbocycles. The molecular weight excluding hydrogens is 228 g/mol. The molecule has 2 unspecified atom stereocenters. The van der Waals surface area contributed by atoms with Gasteiger partial charge in [-0.2, -0.15) is 0 Å². The molecular formula is C15H24O3. The van der Waals surface area contributed by atoms with Crippen LogP contribution < -0.4 is 4.74 Å². The van der Waals surface area contributed by atoms with Gasteiger partial charge in [-0.3, -0.25) is 0 Å². The van der Waals surface area contributed by atoms with Crippen LogP contribution in [0.4, 0.5) is 0 Å². The van der Waals surface area contributed by atoms with Crippen molar-refractivity contribution in [1.29, 1.82) is 0 Å². The van der Waals surface area contributed by atoms with E-state index < -0.39 is 6.10 Å². The fourth-order valence-electron chi connectivity index (χ4n) is 1.99. The smallest absolute Gasteiger partial charge is 0.119 e. The number of ether oxygens (including phenoxy) is 2. The average molecular weight is 252 g/mol. The summed E-state index contributed by atoms with van der Waals surface area (Å²) in [6.45, 7) is 8.73. The Bertz CT molecular complexity index is 368. The van der Waals surface area contributed by atoms with Gasteiger partial charge in [-0.15, -0.1) is 0 Å². The zero-order chi connectivity index (χ0) is 13.8. The number of benzene rings is 1. The van der Waals surface area contributed by atoms with Crippen LogP contribution in [0.1, 0.15) is 39.4 Å². The molecule has 1 aromatic rings. The first kappa shape index (κ1) is 15.0. The number of aliphatic hydroxyl groups is 1. The van der Waals surface area contributed by atoms with Crippen molar-refractivity contribution in [2.45, 2.75) is 39.9 Å². The average Bonchev–Trinajstić information content (AvgIpc) is 2.34. The standard InChI is InChI=1S/C15H24O3/c1-6-18-14(15(2,3)4)13(16)11-8-7-9-12(10-11)17-5/h7-10,13-14,16H,6H2,1-5H3. The van der Waals surface area contributed by atoms with Crippen molar-refractivity contribution >= 4 is 0 Å². The number of hydrogen-bond acceptors (Lipinski definition) is 3. The van der Waals surface area contributed by atoms with Crippen molar-refractivity contribution in [3.05, 3.63) is 29.8 Å². The predicted octanol–water partition coefficient (Wildman–Crippen LogP) is 3.18. The minimum atomic E-state index is -0.653. The molecule has 0 saturated heterocycles. The quantitative estimate of drug-likeness (QED) is 0.874. The highest BCUT2D eigenvalue weighted by molar-refractivity contribution is 5.30. The van der Waals surface area contributed by atoms with Crippen LogP contribution in [-0.2, 0) is 4.74 Å². The zero-order valence-corrected chi connectivity index (χ0v) is 11.9. The van der Waals surface area contributed by atoms with Crippen molar-refractivity contribution in [3.8, 4) is 5.75 Å². The van der Waals surface area contributed by atoms with Gasteiger partial charge in [0.1, 0.15) is 11.9 Å². The lowest BCUT2D eigenvalue weighted by molar-refractivity contribution is -0.0899. The summed E-state index contributed by atoms with van der Waals surface area (Å²) in [4.78, 5) is 0. The molecule has 0 saturated carbocycles. The second kappa shape index (κ2) is 6.21. The van der Waals surface area contributed by atoms with Crippen molar-refractivity contribution in [2.24, 2.45) is 5.41 Å². The number of aliphatic hydroxyl groups excluding tert-OH is 1. The summed E-state index contributed by atoms with van der Waals surface area (Å²) in [6, 6.07) is 7.49. The Morgan fingerprint density at radius 2 is 1.94 bits per heavy atom. The lowest BCUT2D eigenvalue weighted by Crippen LogP contribution is -2.35. The molecule has 1 N–H and O–H groups in total. The first-order chi connectivity index (χ1) is 8.40. The van der Waals surface area contributed by atoms with E-state index in [0.717, 1.165) is 11.3 Å². The molecule has 0 aromatic heterocycles. The van der Waals surface area contributed by atoms with E-state index in [9.17, 15) is 5.11 Å².